The Hall–Kier alpha value is -2.99. The average molecular weight is 371 g/mol. The van der Waals surface area contributed by atoms with Gasteiger partial charge < -0.3 is 20.1 Å². The highest BCUT2D eigenvalue weighted by molar-refractivity contribution is 6.30. The lowest BCUT2D eigenvalue weighted by Gasteiger charge is -2.12. The number of hydrogen-bond donors (Lipinski definition) is 2. The summed E-state index contributed by atoms with van der Waals surface area (Å²) in [7, 11) is 3.21. The van der Waals surface area contributed by atoms with Crippen LogP contribution in [0.4, 0.5) is 23.0 Å². The first kappa shape index (κ1) is 17.8. The van der Waals surface area contributed by atoms with Crippen LogP contribution < -0.4 is 20.1 Å². The molecule has 3 aromatic rings. The number of aryl methyl sites for hydroxylation is 1. The van der Waals surface area contributed by atoms with E-state index in [9.17, 15) is 0 Å². The summed E-state index contributed by atoms with van der Waals surface area (Å²) in [5.41, 5.74) is 1.72. The number of methoxy groups -OCH3 is 2. The van der Waals surface area contributed by atoms with Gasteiger partial charge in [-0.25, -0.2) is 9.97 Å². The Balaban J connectivity index is 1.82. The van der Waals surface area contributed by atoms with Gasteiger partial charge in [-0.1, -0.05) is 11.6 Å². The summed E-state index contributed by atoms with van der Waals surface area (Å²) in [6.07, 6.45) is 0. The Morgan fingerprint density at radius 1 is 0.769 bits per heavy atom. The van der Waals surface area contributed by atoms with E-state index in [4.69, 9.17) is 21.1 Å². The standard InChI is InChI=1S/C19H19ClN4O2/c1-12-21-18(23-14-6-4-13(20)5-7-14)11-19(22-12)24-15-8-9-16(25-2)17(10-15)26-3/h4-11H,1-3H3,(H2,21,22,23,24). The van der Waals surface area contributed by atoms with Crippen LogP contribution >= 0.6 is 11.6 Å². The van der Waals surface area contributed by atoms with Gasteiger partial charge in [0.2, 0.25) is 0 Å². The molecule has 0 saturated heterocycles. The Bertz CT molecular complexity index is 901. The highest BCUT2D eigenvalue weighted by Crippen LogP contribution is 2.31. The van der Waals surface area contributed by atoms with Gasteiger partial charge in [-0.3, -0.25) is 0 Å². The highest BCUT2D eigenvalue weighted by atomic mass is 35.5. The lowest BCUT2D eigenvalue weighted by molar-refractivity contribution is 0.355. The van der Waals surface area contributed by atoms with E-state index in [0.29, 0.717) is 34.0 Å². The van der Waals surface area contributed by atoms with Crippen LogP contribution in [-0.4, -0.2) is 24.2 Å². The summed E-state index contributed by atoms with van der Waals surface area (Å²) < 4.78 is 10.6. The summed E-state index contributed by atoms with van der Waals surface area (Å²) in [5.74, 6) is 3.31. The Morgan fingerprint density at radius 2 is 1.35 bits per heavy atom. The van der Waals surface area contributed by atoms with Crippen LogP contribution in [0, 0.1) is 6.92 Å². The first-order chi connectivity index (χ1) is 12.6. The third kappa shape index (κ3) is 4.34. The maximum absolute atomic E-state index is 5.92. The van der Waals surface area contributed by atoms with Crippen molar-refractivity contribution in [1.82, 2.24) is 9.97 Å². The van der Waals surface area contributed by atoms with Crippen LogP contribution in [0.5, 0.6) is 11.5 Å². The number of aromatic nitrogens is 2. The van der Waals surface area contributed by atoms with Gasteiger partial charge in [0.05, 0.1) is 14.2 Å². The van der Waals surface area contributed by atoms with Gasteiger partial charge in [-0.05, 0) is 43.3 Å². The molecular formula is C19H19ClN4O2. The van der Waals surface area contributed by atoms with Crippen LogP contribution in [-0.2, 0) is 0 Å². The third-order valence-electron chi connectivity index (χ3n) is 3.61. The molecule has 0 amide bonds. The second-order valence-corrected chi connectivity index (χ2v) is 5.95. The molecule has 0 unspecified atom stereocenters. The van der Waals surface area contributed by atoms with E-state index in [-0.39, 0.29) is 0 Å². The molecule has 0 aliphatic carbocycles. The van der Waals surface area contributed by atoms with E-state index < -0.39 is 0 Å². The number of halogens is 1. The van der Waals surface area contributed by atoms with Crippen LogP contribution in [0.15, 0.2) is 48.5 Å². The van der Waals surface area contributed by atoms with Crippen molar-refractivity contribution in [3.63, 3.8) is 0 Å². The quantitative estimate of drug-likeness (QED) is 0.640. The number of nitrogens with one attached hydrogen (secondary N) is 2. The molecule has 0 atom stereocenters. The van der Waals surface area contributed by atoms with E-state index in [1.54, 1.807) is 14.2 Å². The third-order valence-corrected chi connectivity index (χ3v) is 3.86. The van der Waals surface area contributed by atoms with Gasteiger partial charge in [0.1, 0.15) is 17.5 Å². The van der Waals surface area contributed by atoms with Crippen LogP contribution in [0.3, 0.4) is 0 Å². The number of benzene rings is 2. The fraction of sp³-hybridized carbons (Fsp3) is 0.158. The van der Waals surface area contributed by atoms with Gasteiger partial charge in [0.25, 0.3) is 0 Å². The summed E-state index contributed by atoms with van der Waals surface area (Å²) in [6.45, 7) is 1.84. The zero-order valence-corrected chi connectivity index (χ0v) is 15.5. The number of nitrogens with zero attached hydrogens (tertiary/aromatic N) is 2. The normalized spacial score (nSPS) is 10.3. The number of rotatable bonds is 6. The second kappa shape index (κ2) is 7.93. The molecule has 0 spiro atoms. The van der Waals surface area contributed by atoms with Crippen molar-refractivity contribution in [2.24, 2.45) is 0 Å². The molecule has 0 radical (unpaired) electrons. The zero-order chi connectivity index (χ0) is 18.5. The summed E-state index contributed by atoms with van der Waals surface area (Å²) in [5, 5.41) is 7.19. The van der Waals surface area contributed by atoms with E-state index in [2.05, 4.69) is 20.6 Å². The fourth-order valence-corrected chi connectivity index (χ4v) is 2.56. The number of anilines is 4. The van der Waals surface area contributed by atoms with Crippen molar-refractivity contribution >= 4 is 34.6 Å². The summed E-state index contributed by atoms with van der Waals surface area (Å²) in [4.78, 5) is 8.84. The number of ether oxygens (including phenoxy) is 2. The summed E-state index contributed by atoms with van der Waals surface area (Å²) >= 11 is 5.92. The Labute approximate surface area is 157 Å². The lowest BCUT2D eigenvalue weighted by Crippen LogP contribution is -2.02. The summed E-state index contributed by atoms with van der Waals surface area (Å²) in [6, 6.07) is 14.8. The Morgan fingerprint density at radius 3 is 1.96 bits per heavy atom. The van der Waals surface area contributed by atoms with Gasteiger partial charge in [-0.2, -0.15) is 0 Å². The topological polar surface area (TPSA) is 68.3 Å². The van der Waals surface area contributed by atoms with E-state index in [0.717, 1.165) is 11.4 Å². The average Bonchev–Trinajstić information content (AvgIpc) is 2.63. The Kier molecular flexibility index (Phi) is 5.43. The largest absolute Gasteiger partial charge is 0.493 e. The van der Waals surface area contributed by atoms with Crippen molar-refractivity contribution in [3.05, 3.63) is 59.4 Å². The molecule has 0 saturated carbocycles. The predicted molar refractivity (Wildman–Crippen MR) is 104 cm³/mol. The minimum atomic E-state index is 0.641. The van der Waals surface area contributed by atoms with Crippen LogP contribution in [0.25, 0.3) is 0 Å². The monoisotopic (exact) mass is 370 g/mol. The molecule has 1 aromatic heterocycles. The smallest absolute Gasteiger partial charge is 0.162 e. The number of hydrogen-bond acceptors (Lipinski definition) is 6. The molecule has 1 heterocycles. The molecule has 134 valence electrons. The molecule has 0 aliphatic rings. The van der Waals surface area contributed by atoms with Crippen molar-refractivity contribution in [2.45, 2.75) is 6.92 Å². The maximum Gasteiger partial charge on any atom is 0.162 e. The first-order valence-electron chi connectivity index (χ1n) is 7.94. The molecule has 0 bridgehead atoms. The minimum Gasteiger partial charge on any atom is -0.493 e. The zero-order valence-electron chi connectivity index (χ0n) is 14.7. The molecule has 0 aliphatic heterocycles. The SMILES string of the molecule is COc1ccc(Nc2cc(Nc3ccc(Cl)cc3)nc(C)n2)cc1OC. The molecule has 6 nitrogen and oxygen atoms in total. The van der Waals surface area contributed by atoms with Crippen molar-refractivity contribution in [3.8, 4) is 11.5 Å². The first-order valence-corrected chi connectivity index (χ1v) is 8.32. The van der Waals surface area contributed by atoms with E-state index in [1.165, 1.54) is 0 Å². The highest BCUT2D eigenvalue weighted by Gasteiger charge is 2.07. The van der Waals surface area contributed by atoms with Crippen LogP contribution in [0.2, 0.25) is 5.02 Å². The molecular weight excluding hydrogens is 352 g/mol. The molecule has 2 aromatic carbocycles. The minimum absolute atomic E-state index is 0.641. The maximum atomic E-state index is 5.92. The molecule has 26 heavy (non-hydrogen) atoms. The van der Waals surface area contributed by atoms with Gasteiger partial charge in [0, 0.05) is 28.5 Å². The van der Waals surface area contributed by atoms with Gasteiger partial charge in [-0.15, -0.1) is 0 Å². The van der Waals surface area contributed by atoms with E-state index >= 15 is 0 Å². The van der Waals surface area contributed by atoms with Crippen LogP contribution in [0.1, 0.15) is 5.82 Å². The van der Waals surface area contributed by atoms with Crippen molar-refractivity contribution in [1.29, 1.82) is 0 Å². The van der Waals surface area contributed by atoms with Crippen molar-refractivity contribution < 1.29 is 9.47 Å². The molecule has 7 heteroatoms. The fourth-order valence-electron chi connectivity index (χ4n) is 2.44. The molecule has 0 fully saturated rings. The molecule has 3 rings (SSSR count). The van der Waals surface area contributed by atoms with Crippen molar-refractivity contribution in [2.75, 3.05) is 24.9 Å². The van der Waals surface area contributed by atoms with Gasteiger partial charge in [0.15, 0.2) is 11.5 Å². The van der Waals surface area contributed by atoms with Gasteiger partial charge >= 0.3 is 0 Å². The predicted octanol–water partition coefficient (Wildman–Crippen LogP) is 4.94. The molecule has 2 N–H and O–H groups in total. The van der Waals surface area contributed by atoms with E-state index in [1.807, 2.05) is 55.5 Å². The lowest BCUT2D eigenvalue weighted by atomic mass is 10.2. The second-order valence-electron chi connectivity index (χ2n) is 5.51.